The van der Waals surface area contributed by atoms with E-state index >= 15 is 0 Å². The smallest absolute Gasteiger partial charge is 0.264 e. The zero-order valence-electron chi connectivity index (χ0n) is 7.32. The van der Waals surface area contributed by atoms with E-state index in [9.17, 15) is 4.79 Å². The quantitative estimate of drug-likeness (QED) is 0.700. The Morgan fingerprint density at radius 2 is 2.38 bits per heavy atom. The van der Waals surface area contributed by atoms with E-state index in [4.69, 9.17) is 0 Å². The number of aromatic amines is 1. The van der Waals surface area contributed by atoms with Gasteiger partial charge in [-0.05, 0) is 19.4 Å². The maximum atomic E-state index is 10.8. The molecule has 1 aliphatic heterocycles. The van der Waals surface area contributed by atoms with Crippen LogP contribution in [0.5, 0.6) is 0 Å². The summed E-state index contributed by atoms with van der Waals surface area (Å²) in [5.74, 6) is 0. The first kappa shape index (κ1) is 10.3. The van der Waals surface area contributed by atoms with Crippen LogP contribution in [-0.2, 0) is 0 Å². The SMILES string of the molecule is Cl.O=c1ccn(C2CCCNC2)[nH]1. The predicted octanol–water partition coefficient (Wildman–Crippen LogP) is 0.523. The lowest BCUT2D eigenvalue weighted by Gasteiger charge is -2.23. The van der Waals surface area contributed by atoms with E-state index in [1.165, 1.54) is 6.42 Å². The van der Waals surface area contributed by atoms with E-state index in [1.807, 2.05) is 10.9 Å². The molecule has 74 valence electrons. The monoisotopic (exact) mass is 203 g/mol. The van der Waals surface area contributed by atoms with Crippen LogP contribution in [0.1, 0.15) is 18.9 Å². The van der Waals surface area contributed by atoms with Crippen molar-refractivity contribution >= 4 is 12.4 Å². The molecule has 1 aliphatic rings. The molecule has 0 saturated carbocycles. The largest absolute Gasteiger partial charge is 0.315 e. The zero-order chi connectivity index (χ0) is 8.39. The van der Waals surface area contributed by atoms with E-state index < -0.39 is 0 Å². The van der Waals surface area contributed by atoms with Crippen molar-refractivity contribution in [3.05, 3.63) is 22.6 Å². The van der Waals surface area contributed by atoms with Crippen LogP contribution in [0.2, 0.25) is 0 Å². The van der Waals surface area contributed by atoms with Crippen LogP contribution in [0.15, 0.2) is 17.1 Å². The van der Waals surface area contributed by atoms with E-state index in [-0.39, 0.29) is 18.0 Å². The fourth-order valence-corrected chi connectivity index (χ4v) is 1.63. The fraction of sp³-hybridized carbons (Fsp3) is 0.625. The average Bonchev–Trinajstić information content (AvgIpc) is 2.54. The normalized spacial score (nSPS) is 22.3. The van der Waals surface area contributed by atoms with Crippen LogP contribution in [0.3, 0.4) is 0 Å². The van der Waals surface area contributed by atoms with Crippen molar-refractivity contribution in [2.24, 2.45) is 0 Å². The Bertz CT molecular complexity index is 300. The molecule has 2 heterocycles. The van der Waals surface area contributed by atoms with Gasteiger partial charge in [-0.25, -0.2) is 0 Å². The number of halogens is 1. The van der Waals surface area contributed by atoms with Crippen LogP contribution in [0, 0.1) is 0 Å². The topological polar surface area (TPSA) is 49.8 Å². The number of hydrogen-bond acceptors (Lipinski definition) is 2. The summed E-state index contributed by atoms with van der Waals surface area (Å²) in [7, 11) is 0. The van der Waals surface area contributed by atoms with Gasteiger partial charge < -0.3 is 5.32 Å². The Morgan fingerprint density at radius 1 is 1.54 bits per heavy atom. The summed E-state index contributed by atoms with van der Waals surface area (Å²) in [5, 5.41) is 6.07. The summed E-state index contributed by atoms with van der Waals surface area (Å²) in [6, 6.07) is 2.00. The lowest BCUT2D eigenvalue weighted by molar-refractivity contribution is 0.345. The highest BCUT2D eigenvalue weighted by molar-refractivity contribution is 5.85. The maximum absolute atomic E-state index is 10.8. The summed E-state index contributed by atoms with van der Waals surface area (Å²) in [4.78, 5) is 10.8. The molecule has 0 spiro atoms. The van der Waals surface area contributed by atoms with Gasteiger partial charge in [0.05, 0.1) is 6.04 Å². The fourth-order valence-electron chi connectivity index (χ4n) is 1.63. The molecule has 0 radical (unpaired) electrons. The zero-order valence-corrected chi connectivity index (χ0v) is 8.14. The second-order valence-electron chi connectivity index (χ2n) is 3.20. The highest BCUT2D eigenvalue weighted by atomic mass is 35.5. The minimum absolute atomic E-state index is 0. The minimum atomic E-state index is -0.0134. The van der Waals surface area contributed by atoms with Crippen LogP contribution >= 0.6 is 12.4 Å². The van der Waals surface area contributed by atoms with Crippen molar-refractivity contribution in [1.82, 2.24) is 15.1 Å². The number of aromatic nitrogens is 2. The molecule has 1 aromatic rings. The van der Waals surface area contributed by atoms with Gasteiger partial charge in [0.2, 0.25) is 0 Å². The first-order valence-electron chi connectivity index (χ1n) is 4.34. The molecule has 0 amide bonds. The van der Waals surface area contributed by atoms with Gasteiger partial charge >= 0.3 is 0 Å². The van der Waals surface area contributed by atoms with Gasteiger partial charge in [0.1, 0.15) is 0 Å². The Kier molecular flexibility index (Phi) is 3.57. The molecular weight excluding hydrogens is 190 g/mol. The second kappa shape index (κ2) is 4.48. The molecule has 5 heteroatoms. The van der Waals surface area contributed by atoms with E-state index in [0.29, 0.717) is 6.04 Å². The Balaban J connectivity index is 0.000000845. The van der Waals surface area contributed by atoms with Gasteiger partial charge in [0.25, 0.3) is 5.56 Å². The average molecular weight is 204 g/mol. The van der Waals surface area contributed by atoms with Crippen LogP contribution in [0.4, 0.5) is 0 Å². The summed E-state index contributed by atoms with van der Waals surface area (Å²) in [6.07, 6.45) is 4.16. The molecule has 0 bridgehead atoms. The standard InChI is InChI=1S/C8H13N3O.ClH/c12-8-3-5-11(10-8)7-2-1-4-9-6-7;/h3,5,7,9H,1-2,4,6H2,(H,10,12);1H. The molecule has 2 N–H and O–H groups in total. The molecule has 0 aromatic carbocycles. The number of nitrogens with zero attached hydrogens (tertiary/aromatic N) is 1. The second-order valence-corrected chi connectivity index (χ2v) is 3.20. The molecule has 1 aromatic heterocycles. The lowest BCUT2D eigenvalue weighted by Crippen LogP contribution is -2.32. The third-order valence-electron chi connectivity index (χ3n) is 2.29. The third-order valence-corrected chi connectivity index (χ3v) is 2.29. The highest BCUT2D eigenvalue weighted by Gasteiger charge is 2.13. The molecular formula is C8H14ClN3O. The summed E-state index contributed by atoms with van der Waals surface area (Å²) >= 11 is 0. The lowest BCUT2D eigenvalue weighted by atomic mass is 10.1. The molecule has 13 heavy (non-hydrogen) atoms. The first-order valence-corrected chi connectivity index (χ1v) is 4.34. The molecule has 1 saturated heterocycles. The molecule has 1 fully saturated rings. The summed E-state index contributed by atoms with van der Waals surface area (Å²) < 4.78 is 1.90. The van der Waals surface area contributed by atoms with Crippen molar-refractivity contribution in [2.75, 3.05) is 13.1 Å². The van der Waals surface area contributed by atoms with Gasteiger partial charge in [0.15, 0.2) is 0 Å². The van der Waals surface area contributed by atoms with Crippen molar-refractivity contribution in [3.63, 3.8) is 0 Å². The van der Waals surface area contributed by atoms with Gasteiger partial charge in [0, 0.05) is 18.8 Å². The minimum Gasteiger partial charge on any atom is -0.315 e. The molecule has 4 nitrogen and oxygen atoms in total. The van der Waals surface area contributed by atoms with Crippen molar-refractivity contribution in [2.45, 2.75) is 18.9 Å². The van der Waals surface area contributed by atoms with Crippen LogP contribution < -0.4 is 10.9 Å². The Labute approximate surface area is 82.7 Å². The van der Waals surface area contributed by atoms with Crippen molar-refractivity contribution in [1.29, 1.82) is 0 Å². The number of rotatable bonds is 1. The molecule has 1 unspecified atom stereocenters. The highest BCUT2D eigenvalue weighted by Crippen LogP contribution is 2.13. The van der Waals surface area contributed by atoms with Crippen LogP contribution in [0.25, 0.3) is 0 Å². The van der Waals surface area contributed by atoms with E-state index in [2.05, 4.69) is 10.4 Å². The number of H-pyrrole nitrogens is 1. The van der Waals surface area contributed by atoms with E-state index in [0.717, 1.165) is 19.5 Å². The molecule has 0 aliphatic carbocycles. The number of piperidine rings is 1. The first-order chi connectivity index (χ1) is 5.86. The molecule has 2 rings (SSSR count). The van der Waals surface area contributed by atoms with Crippen LogP contribution in [-0.4, -0.2) is 22.9 Å². The maximum Gasteiger partial charge on any atom is 0.264 e. The van der Waals surface area contributed by atoms with Crippen molar-refractivity contribution < 1.29 is 0 Å². The van der Waals surface area contributed by atoms with Gasteiger partial charge in [-0.15, -0.1) is 12.4 Å². The van der Waals surface area contributed by atoms with Gasteiger partial charge in [-0.1, -0.05) is 0 Å². The molecule has 1 atom stereocenters. The van der Waals surface area contributed by atoms with Gasteiger partial charge in [-0.3, -0.25) is 14.6 Å². The van der Waals surface area contributed by atoms with Crippen molar-refractivity contribution in [3.8, 4) is 0 Å². The Morgan fingerprint density at radius 3 is 2.92 bits per heavy atom. The predicted molar refractivity (Wildman–Crippen MR) is 53.4 cm³/mol. The summed E-state index contributed by atoms with van der Waals surface area (Å²) in [5.41, 5.74) is -0.0134. The van der Waals surface area contributed by atoms with Gasteiger partial charge in [-0.2, -0.15) is 0 Å². The van der Waals surface area contributed by atoms with E-state index in [1.54, 1.807) is 6.07 Å². The third kappa shape index (κ3) is 2.35. The Hall–Kier alpha value is -0.740. The number of nitrogens with one attached hydrogen (secondary N) is 2. The summed E-state index contributed by atoms with van der Waals surface area (Å²) in [6.45, 7) is 2.06. The number of hydrogen-bond donors (Lipinski definition) is 2.